The highest BCUT2D eigenvalue weighted by atomic mass is 79.9. The summed E-state index contributed by atoms with van der Waals surface area (Å²) >= 11 is 3.50. The maximum Gasteiger partial charge on any atom is 0.243 e. The van der Waals surface area contributed by atoms with E-state index < -0.39 is 10.0 Å². The first kappa shape index (κ1) is 21.0. The Morgan fingerprint density at radius 3 is 2.64 bits per heavy atom. The van der Waals surface area contributed by atoms with Crippen molar-refractivity contribution in [2.45, 2.75) is 38.0 Å². The first-order valence-corrected chi connectivity index (χ1v) is 11.7. The van der Waals surface area contributed by atoms with E-state index in [1.54, 1.807) is 30.3 Å². The molecule has 1 unspecified atom stereocenters. The number of nitrogens with one attached hydrogen (secondary N) is 1. The van der Waals surface area contributed by atoms with Gasteiger partial charge >= 0.3 is 0 Å². The molecule has 0 saturated carbocycles. The van der Waals surface area contributed by atoms with Crippen molar-refractivity contribution >= 4 is 37.5 Å². The molecule has 1 aliphatic rings. The van der Waals surface area contributed by atoms with E-state index in [4.69, 9.17) is 0 Å². The van der Waals surface area contributed by atoms with Gasteiger partial charge in [-0.3, -0.25) is 4.79 Å². The van der Waals surface area contributed by atoms with Gasteiger partial charge < -0.3 is 5.32 Å². The molecule has 1 aliphatic heterocycles. The third kappa shape index (κ3) is 4.47. The van der Waals surface area contributed by atoms with Crippen LogP contribution in [0, 0.1) is 12.8 Å². The van der Waals surface area contributed by atoms with Gasteiger partial charge in [0.05, 0.1) is 10.8 Å². The van der Waals surface area contributed by atoms with Crippen LogP contribution in [0.5, 0.6) is 0 Å². The number of piperidine rings is 1. The second-order valence-corrected chi connectivity index (χ2v) is 9.97. The molecule has 1 N–H and O–H groups in total. The van der Waals surface area contributed by atoms with Crippen LogP contribution in [-0.4, -0.2) is 31.7 Å². The number of carbonyl (C=O) groups excluding carboxylic acids is 1. The van der Waals surface area contributed by atoms with Crippen LogP contribution in [0.25, 0.3) is 0 Å². The third-order valence-electron chi connectivity index (χ3n) is 5.15. The number of amides is 1. The van der Waals surface area contributed by atoms with Crippen molar-refractivity contribution in [1.82, 2.24) is 4.31 Å². The Balaban J connectivity index is 1.77. The van der Waals surface area contributed by atoms with Crippen LogP contribution < -0.4 is 5.32 Å². The fourth-order valence-corrected chi connectivity index (χ4v) is 5.78. The van der Waals surface area contributed by atoms with Gasteiger partial charge in [0.2, 0.25) is 15.9 Å². The zero-order chi connectivity index (χ0) is 20.3. The van der Waals surface area contributed by atoms with Crippen molar-refractivity contribution in [2.24, 2.45) is 5.92 Å². The molecule has 28 heavy (non-hydrogen) atoms. The Morgan fingerprint density at radius 1 is 1.25 bits per heavy atom. The summed E-state index contributed by atoms with van der Waals surface area (Å²) in [7, 11) is -3.58. The van der Waals surface area contributed by atoms with Crippen molar-refractivity contribution in [3.63, 3.8) is 0 Å². The lowest BCUT2D eigenvalue weighted by Crippen LogP contribution is -2.43. The predicted octanol–water partition coefficient (Wildman–Crippen LogP) is 4.36. The summed E-state index contributed by atoms with van der Waals surface area (Å²) in [5.41, 5.74) is 2.88. The van der Waals surface area contributed by atoms with Crippen molar-refractivity contribution in [2.75, 3.05) is 18.4 Å². The zero-order valence-electron chi connectivity index (χ0n) is 16.1. The molecule has 5 nitrogen and oxygen atoms in total. The minimum absolute atomic E-state index is 0.118. The summed E-state index contributed by atoms with van der Waals surface area (Å²) in [5, 5.41) is 3.06. The van der Waals surface area contributed by atoms with E-state index in [1.165, 1.54) is 4.31 Å². The van der Waals surface area contributed by atoms with Gasteiger partial charge in [-0.25, -0.2) is 8.42 Å². The zero-order valence-corrected chi connectivity index (χ0v) is 18.5. The maximum atomic E-state index is 12.9. The van der Waals surface area contributed by atoms with E-state index in [0.29, 0.717) is 19.4 Å². The van der Waals surface area contributed by atoms with Crippen molar-refractivity contribution in [3.05, 3.63) is 58.1 Å². The summed E-state index contributed by atoms with van der Waals surface area (Å²) in [6.07, 6.45) is 2.16. The molecule has 3 rings (SSSR count). The van der Waals surface area contributed by atoms with Crippen molar-refractivity contribution in [1.29, 1.82) is 0 Å². The smallest absolute Gasteiger partial charge is 0.243 e. The molecular weight excluding hydrogens is 440 g/mol. The van der Waals surface area contributed by atoms with Crippen LogP contribution in [-0.2, 0) is 21.2 Å². The SMILES string of the molecule is CCc1cc(Br)cc(C)c1NC(=O)C1CCCN(S(=O)(=O)c2ccccc2)C1. The quantitative estimate of drug-likeness (QED) is 0.714. The summed E-state index contributed by atoms with van der Waals surface area (Å²) < 4.78 is 28.2. The minimum atomic E-state index is -3.58. The summed E-state index contributed by atoms with van der Waals surface area (Å²) in [6.45, 7) is 4.66. The number of halogens is 1. The van der Waals surface area contributed by atoms with Gasteiger partial charge in [0, 0.05) is 23.2 Å². The lowest BCUT2D eigenvalue weighted by Gasteiger charge is -2.31. The molecule has 0 bridgehead atoms. The Morgan fingerprint density at radius 2 is 1.96 bits per heavy atom. The maximum absolute atomic E-state index is 12.9. The second kappa shape index (κ2) is 8.76. The van der Waals surface area contributed by atoms with Gasteiger partial charge in [-0.1, -0.05) is 41.1 Å². The Labute approximate surface area is 175 Å². The minimum Gasteiger partial charge on any atom is -0.325 e. The summed E-state index contributed by atoms with van der Waals surface area (Å²) in [4.78, 5) is 13.2. The van der Waals surface area contributed by atoms with E-state index >= 15 is 0 Å². The van der Waals surface area contributed by atoms with E-state index in [1.807, 2.05) is 26.0 Å². The van der Waals surface area contributed by atoms with Gasteiger partial charge in [-0.2, -0.15) is 4.31 Å². The van der Waals surface area contributed by atoms with E-state index in [-0.39, 0.29) is 23.3 Å². The lowest BCUT2D eigenvalue weighted by molar-refractivity contribution is -0.120. The number of aryl methyl sites for hydroxylation is 2. The molecule has 2 aromatic carbocycles. The Kier molecular flexibility index (Phi) is 6.58. The monoisotopic (exact) mass is 464 g/mol. The van der Waals surface area contributed by atoms with E-state index in [9.17, 15) is 13.2 Å². The molecule has 1 atom stereocenters. The molecule has 1 saturated heterocycles. The third-order valence-corrected chi connectivity index (χ3v) is 7.48. The van der Waals surface area contributed by atoms with Gasteiger partial charge in [0.1, 0.15) is 0 Å². The number of hydrogen-bond donors (Lipinski definition) is 1. The summed E-state index contributed by atoms with van der Waals surface area (Å²) in [6, 6.07) is 12.4. The first-order valence-electron chi connectivity index (χ1n) is 9.48. The van der Waals surface area contributed by atoms with Crippen LogP contribution in [0.1, 0.15) is 30.9 Å². The number of sulfonamides is 1. The lowest BCUT2D eigenvalue weighted by atomic mass is 9.98. The highest BCUT2D eigenvalue weighted by Crippen LogP contribution is 2.29. The van der Waals surface area contributed by atoms with Crippen molar-refractivity contribution in [3.8, 4) is 0 Å². The number of hydrogen-bond acceptors (Lipinski definition) is 3. The molecule has 0 aliphatic carbocycles. The van der Waals surface area contributed by atoms with Gasteiger partial charge in [-0.15, -0.1) is 0 Å². The molecule has 7 heteroatoms. The fourth-order valence-electron chi connectivity index (χ4n) is 3.61. The van der Waals surface area contributed by atoms with Crippen LogP contribution in [0.4, 0.5) is 5.69 Å². The largest absolute Gasteiger partial charge is 0.325 e. The van der Waals surface area contributed by atoms with Crippen LogP contribution in [0.15, 0.2) is 51.8 Å². The highest BCUT2D eigenvalue weighted by molar-refractivity contribution is 9.10. The number of carbonyl (C=O) groups is 1. The molecule has 1 fully saturated rings. The Bertz CT molecular complexity index is 961. The molecule has 1 amide bonds. The molecule has 1 heterocycles. The fraction of sp³-hybridized carbons (Fsp3) is 0.381. The Hall–Kier alpha value is -1.70. The van der Waals surface area contributed by atoms with Crippen molar-refractivity contribution < 1.29 is 13.2 Å². The topological polar surface area (TPSA) is 66.5 Å². The molecule has 0 aromatic heterocycles. The van der Waals surface area contributed by atoms with Gasteiger partial charge in [0.15, 0.2) is 0 Å². The highest BCUT2D eigenvalue weighted by Gasteiger charge is 2.33. The average Bonchev–Trinajstić information content (AvgIpc) is 2.70. The molecule has 0 radical (unpaired) electrons. The van der Waals surface area contributed by atoms with Crippen LogP contribution >= 0.6 is 15.9 Å². The van der Waals surface area contributed by atoms with E-state index in [2.05, 4.69) is 21.2 Å². The van der Waals surface area contributed by atoms with Gasteiger partial charge in [0.25, 0.3) is 0 Å². The summed E-state index contributed by atoms with van der Waals surface area (Å²) in [5.74, 6) is -0.479. The molecule has 0 spiro atoms. The van der Waals surface area contributed by atoms with E-state index in [0.717, 1.165) is 27.7 Å². The average molecular weight is 465 g/mol. The number of nitrogens with zero attached hydrogens (tertiary/aromatic N) is 1. The predicted molar refractivity (Wildman–Crippen MR) is 115 cm³/mol. The second-order valence-electron chi connectivity index (χ2n) is 7.11. The first-order chi connectivity index (χ1) is 13.3. The number of rotatable bonds is 5. The normalized spacial score (nSPS) is 18.0. The number of benzene rings is 2. The molecule has 2 aromatic rings. The standard InChI is InChI=1S/C21H25BrN2O3S/c1-3-16-13-18(22)12-15(2)20(16)23-21(25)17-8-7-11-24(14-17)28(26,27)19-9-5-4-6-10-19/h4-6,9-10,12-13,17H,3,7-8,11,14H2,1-2H3,(H,23,25). The van der Waals surface area contributed by atoms with Crippen LogP contribution in [0.3, 0.4) is 0 Å². The molecular formula is C21H25BrN2O3S. The van der Waals surface area contributed by atoms with Gasteiger partial charge in [-0.05, 0) is 61.6 Å². The number of anilines is 1. The molecule has 150 valence electrons. The van der Waals surface area contributed by atoms with Crippen LogP contribution in [0.2, 0.25) is 0 Å².